The predicted molar refractivity (Wildman–Crippen MR) is 383 cm³/mol. The van der Waals surface area contributed by atoms with Gasteiger partial charge in [-0.25, -0.2) is 19.3 Å². The van der Waals surface area contributed by atoms with E-state index < -0.39 is 0 Å². The summed E-state index contributed by atoms with van der Waals surface area (Å²) in [5.41, 5.74) is 4.74. The van der Waals surface area contributed by atoms with E-state index in [1.165, 1.54) is 51.4 Å². The second-order valence-corrected chi connectivity index (χ2v) is 42.8. The first-order chi connectivity index (χ1) is 35.3. The van der Waals surface area contributed by atoms with Crippen molar-refractivity contribution in [2.45, 2.75) is 356 Å². The van der Waals surface area contributed by atoms with E-state index in [4.69, 9.17) is 0 Å². The molecule has 0 bridgehead atoms. The van der Waals surface area contributed by atoms with Crippen LogP contribution in [0.2, 0.25) is 0 Å². The van der Waals surface area contributed by atoms with E-state index in [2.05, 4.69) is 356 Å². The fraction of sp³-hybridized carbons (Fsp3) is 0.902. The topological polar surface area (TPSA) is 0 Å². The molecule has 0 aromatic carbocycles. The molecule has 6 heteroatoms. The molecule has 8 atom stereocenters. The van der Waals surface area contributed by atoms with Gasteiger partial charge in [0, 0.05) is 196 Å². The molecule has 0 aliphatic rings. The Morgan fingerprint density at radius 2 is 0.545 bits per heavy atom. The summed E-state index contributed by atoms with van der Waals surface area (Å²) in [6, 6.07) is 0. The number of rotatable bonds is 20. The minimum absolute atomic E-state index is 0. The van der Waals surface area contributed by atoms with Crippen LogP contribution in [0.5, 0.6) is 0 Å². The van der Waals surface area contributed by atoms with E-state index in [0.717, 1.165) is 5.92 Å². The SMILES string of the molecule is CC(C([CH-]C(C)(C)C)C(C)(C)C)C(C)(C)C.CC(C)(C)[CH-]C(C(C[CH-]C[C@@H]([CH-]C(C)(C)C)C(C)(C)C)C(C)(C)C)C(C)(C)C.CC(C)(C)[CH-][C@H](C[CH-]CC([CH-]CC(C)(C)C)CC(C)(C)C)C(C)(C)C.CC([CH-]CC(C)(C)C)CC(C)(C)C.[Y].[Y].[Y].[Y].[Y].[Y]. The minimum atomic E-state index is 0. The average Bonchev–Trinajstić information content (AvgIpc) is 3.13. The molecule has 88 heavy (non-hydrogen) atoms. The third-order valence-corrected chi connectivity index (χ3v) is 16.2. The van der Waals surface area contributed by atoms with Crippen molar-refractivity contribution in [1.82, 2.24) is 0 Å². The average molecular weight is 1680 g/mol. The van der Waals surface area contributed by atoms with Gasteiger partial charge in [0.05, 0.1) is 0 Å². The first-order valence-electron chi connectivity index (χ1n) is 34.0. The van der Waals surface area contributed by atoms with Gasteiger partial charge in [0.15, 0.2) is 0 Å². The predicted octanol–water partition coefficient (Wildman–Crippen LogP) is 28.3. The van der Waals surface area contributed by atoms with Crippen LogP contribution in [0.1, 0.15) is 356 Å². The molecule has 518 valence electrons. The van der Waals surface area contributed by atoms with E-state index in [1.807, 2.05) is 0 Å². The Morgan fingerprint density at radius 1 is 0.261 bits per heavy atom. The summed E-state index contributed by atoms with van der Waals surface area (Å²) in [7, 11) is 0. The molecule has 0 saturated heterocycles. The van der Waals surface area contributed by atoms with Crippen LogP contribution in [0.25, 0.3) is 0 Å². The van der Waals surface area contributed by atoms with Gasteiger partial charge in [-0.3, -0.25) is 0 Å². The van der Waals surface area contributed by atoms with Gasteiger partial charge in [0.25, 0.3) is 0 Å². The van der Waals surface area contributed by atoms with Crippen molar-refractivity contribution in [3.63, 3.8) is 0 Å². The normalized spacial score (nSPS) is 16.2. The zero-order valence-corrected chi connectivity index (χ0v) is 86.4. The standard InChI is InChI=1S/C28H55.C25H49.C16H33.C13H27.6Y/c1-24(2,3)19-21(26(7,8)9)17-16-18-22(27(10,11)12)23(28(13,14)15)20-25(4,5)6;1-22(2,3)17-16-20(18-23(4,5)6)14-13-15-21(25(10,11)12)19-24(7,8)9;1-12(15(5,6)7)13(16(8,9)10)11-14(2,3)4;1-11(10-13(5,6)7)8-9-12(2,3)4;;;;;;/h16,19-23H,17-18H2,1-15H3;13,16,19-21H,14-15,17-18H2,1-12H3;11-13H,1-10H3;8,11H,9-10H2,1-7H3;;;;;;/q2*-3;2*-1;;;;;;/t21-,22?,23?;20?,21-;;;;;;;;/m00......../s1. The van der Waals surface area contributed by atoms with Crippen molar-refractivity contribution in [3.8, 4) is 0 Å². The Bertz CT molecular complexity index is 1620. The summed E-state index contributed by atoms with van der Waals surface area (Å²) >= 11 is 0. The molecule has 0 heterocycles. The van der Waals surface area contributed by atoms with Crippen LogP contribution < -0.4 is 0 Å². The monoisotopic (exact) mass is 1680 g/mol. The second-order valence-electron chi connectivity index (χ2n) is 42.8. The largest absolute Gasteiger partial charge is 0.333 e. The van der Waals surface area contributed by atoms with E-state index in [9.17, 15) is 0 Å². The van der Waals surface area contributed by atoms with Crippen LogP contribution in [0, 0.1) is 175 Å². The van der Waals surface area contributed by atoms with Gasteiger partial charge in [0.2, 0.25) is 0 Å². The first-order valence-corrected chi connectivity index (χ1v) is 34.0. The molecule has 0 N–H and O–H groups in total. The van der Waals surface area contributed by atoms with Crippen molar-refractivity contribution in [3.05, 3.63) is 51.4 Å². The zero-order valence-electron chi connectivity index (χ0n) is 69.4. The molecule has 0 aliphatic carbocycles. The zero-order chi connectivity index (χ0) is 66.9. The van der Waals surface area contributed by atoms with Crippen LogP contribution in [0.15, 0.2) is 0 Å². The van der Waals surface area contributed by atoms with Crippen LogP contribution in [-0.2, 0) is 196 Å². The fourth-order valence-electron chi connectivity index (χ4n) is 11.4. The van der Waals surface area contributed by atoms with Crippen molar-refractivity contribution < 1.29 is 196 Å². The third kappa shape index (κ3) is 71.0. The molecule has 0 nitrogen and oxygen atoms in total. The molecule has 0 rings (SSSR count). The summed E-state index contributed by atoms with van der Waals surface area (Å²) in [5, 5.41) is 0. The van der Waals surface area contributed by atoms with Gasteiger partial charge in [-0.1, -0.05) is 362 Å². The Labute approximate surface area is 716 Å². The van der Waals surface area contributed by atoms with E-state index in [0.29, 0.717) is 95.6 Å². The Hall–Kier alpha value is 6.62. The van der Waals surface area contributed by atoms with Crippen LogP contribution >= 0.6 is 0 Å². The molecule has 0 spiro atoms. The first kappa shape index (κ1) is 116. The van der Waals surface area contributed by atoms with Gasteiger partial charge in [0.1, 0.15) is 0 Å². The summed E-state index contributed by atoms with van der Waals surface area (Å²) in [6.07, 6.45) is 30.4. The van der Waals surface area contributed by atoms with Crippen LogP contribution in [0.3, 0.4) is 0 Å². The molecule has 0 fully saturated rings. The van der Waals surface area contributed by atoms with E-state index in [-0.39, 0.29) is 218 Å². The number of hydrogen-bond donors (Lipinski definition) is 0. The molecule has 0 amide bonds. The maximum absolute atomic E-state index is 2.64. The molecular weight excluding hydrogens is 1520 g/mol. The summed E-state index contributed by atoms with van der Waals surface area (Å²) < 4.78 is 0. The molecule has 6 unspecified atom stereocenters. The van der Waals surface area contributed by atoms with Gasteiger partial charge in [-0.05, 0) is 21.7 Å². The molecule has 0 saturated carbocycles. The van der Waals surface area contributed by atoms with Gasteiger partial charge in [-0.15, -0.1) is 0 Å². The molecule has 6 radical (unpaired) electrons. The molecule has 0 aliphatic heterocycles. The quantitative estimate of drug-likeness (QED) is 0.107. The maximum Gasteiger partial charge on any atom is 0 e. The third-order valence-electron chi connectivity index (χ3n) is 16.2. The maximum atomic E-state index is 2.64. The second kappa shape index (κ2) is 47.1. The van der Waals surface area contributed by atoms with Crippen molar-refractivity contribution in [2.75, 3.05) is 0 Å². The fourth-order valence-corrected chi connectivity index (χ4v) is 11.4. The van der Waals surface area contributed by atoms with Gasteiger partial charge >= 0.3 is 0 Å². The Kier molecular flexibility index (Phi) is 62.0. The molecule has 0 aromatic rings. The van der Waals surface area contributed by atoms with E-state index in [1.54, 1.807) is 0 Å². The van der Waals surface area contributed by atoms with E-state index >= 15 is 0 Å². The summed E-state index contributed by atoms with van der Waals surface area (Å²) in [4.78, 5) is 0. The van der Waals surface area contributed by atoms with Crippen molar-refractivity contribution in [1.29, 1.82) is 0 Å². The Balaban J connectivity index is -0.000000117. The molecule has 0 aromatic heterocycles. The van der Waals surface area contributed by atoms with Crippen LogP contribution in [0.4, 0.5) is 0 Å². The smallest absolute Gasteiger partial charge is 0 e. The summed E-state index contributed by atoms with van der Waals surface area (Å²) in [5.74, 6) is 5.33. The van der Waals surface area contributed by atoms with Crippen LogP contribution in [-0.4, -0.2) is 0 Å². The molecular formula is C82H164Y6-8. The van der Waals surface area contributed by atoms with Gasteiger partial charge in [-0.2, -0.15) is 76.4 Å². The van der Waals surface area contributed by atoms with Crippen molar-refractivity contribution >= 4 is 0 Å². The summed E-state index contributed by atoms with van der Waals surface area (Å²) in [6.45, 7) is 104. The minimum Gasteiger partial charge on any atom is -0.333 e. The Morgan fingerprint density at radius 3 is 0.784 bits per heavy atom. The number of hydrogen-bond acceptors (Lipinski definition) is 0. The van der Waals surface area contributed by atoms with Gasteiger partial charge < -0.3 is 51.4 Å². The van der Waals surface area contributed by atoms with Crippen molar-refractivity contribution in [2.24, 2.45) is 123 Å².